The number of pyridine rings is 1. The van der Waals surface area contributed by atoms with E-state index in [1.54, 1.807) is 12.3 Å². The second kappa shape index (κ2) is 7.06. The van der Waals surface area contributed by atoms with E-state index in [9.17, 15) is 4.79 Å². The van der Waals surface area contributed by atoms with Crippen molar-refractivity contribution < 1.29 is 14.1 Å². The molecule has 0 aliphatic heterocycles. The number of hydrogen-bond donors (Lipinski definition) is 1. The molecule has 3 aromatic rings. The lowest BCUT2D eigenvalue weighted by molar-refractivity contribution is -0.115. The Balaban J connectivity index is 1.65. The van der Waals surface area contributed by atoms with Gasteiger partial charge in [0.2, 0.25) is 5.91 Å². The minimum absolute atomic E-state index is 0.0556. The molecule has 24 heavy (non-hydrogen) atoms. The van der Waals surface area contributed by atoms with Crippen molar-refractivity contribution in [1.29, 1.82) is 0 Å². The molecular weight excluding hydrogens is 328 g/mol. The van der Waals surface area contributed by atoms with Gasteiger partial charge in [-0.2, -0.15) is 0 Å². The van der Waals surface area contributed by atoms with Crippen LogP contribution in [0, 0.1) is 6.92 Å². The lowest BCUT2D eigenvalue weighted by Gasteiger charge is -2.07. The predicted octanol–water partition coefficient (Wildman–Crippen LogP) is 3.27. The van der Waals surface area contributed by atoms with Gasteiger partial charge in [0, 0.05) is 12.0 Å². The molecule has 1 atom stereocenters. The van der Waals surface area contributed by atoms with Crippen LogP contribution in [0.3, 0.4) is 0 Å². The van der Waals surface area contributed by atoms with Crippen LogP contribution in [0.15, 0.2) is 22.2 Å². The van der Waals surface area contributed by atoms with E-state index in [1.807, 2.05) is 26.2 Å². The quantitative estimate of drug-likeness (QED) is 0.737. The molecule has 8 heteroatoms. The Hall–Kier alpha value is -2.32. The monoisotopic (exact) mass is 346 g/mol. The molecule has 0 aliphatic rings. The molecule has 1 unspecified atom stereocenters. The highest BCUT2D eigenvalue weighted by atomic mass is 32.1. The summed E-state index contributed by atoms with van der Waals surface area (Å²) in [5.41, 5.74) is 2.54. The molecule has 0 saturated carbocycles. The van der Waals surface area contributed by atoms with Crippen LogP contribution in [0.5, 0.6) is 0 Å². The van der Waals surface area contributed by atoms with Crippen LogP contribution in [0.2, 0.25) is 0 Å². The van der Waals surface area contributed by atoms with Crippen LogP contribution in [0.25, 0.3) is 11.1 Å². The van der Waals surface area contributed by atoms with E-state index in [0.717, 1.165) is 21.8 Å². The summed E-state index contributed by atoms with van der Waals surface area (Å²) in [6.45, 7) is 6.36. The Morgan fingerprint density at radius 2 is 2.33 bits per heavy atom. The van der Waals surface area contributed by atoms with Gasteiger partial charge >= 0.3 is 0 Å². The van der Waals surface area contributed by atoms with Crippen molar-refractivity contribution in [2.75, 3.05) is 11.9 Å². The topological polar surface area (TPSA) is 90.1 Å². The maximum absolute atomic E-state index is 12.2. The SMILES string of the molecule is CCOC(C)c1nc(CC(=O)Nc2cnc3onc(C)c3c2)cs1. The molecule has 0 aromatic carbocycles. The van der Waals surface area contributed by atoms with Crippen LogP contribution >= 0.6 is 11.3 Å². The fraction of sp³-hybridized carbons (Fsp3) is 0.375. The summed E-state index contributed by atoms with van der Waals surface area (Å²) in [4.78, 5) is 20.8. The third kappa shape index (κ3) is 3.60. The van der Waals surface area contributed by atoms with Gasteiger partial charge in [0.15, 0.2) is 0 Å². The first-order valence-corrected chi connectivity index (χ1v) is 8.52. The summed E-state index contributed by atoms with van der Waals surface area (Å²) in [7, 11) is 0. The first kappa shape index (κ1) is 16.5. The van der Waals surface area contributed by atoms with Gasteiger partial charge in [0.1, 0.15) is 11.1 Å². The number of carbonyl (C=O) groups is 1. The number of nitrogens with one attached hydrogen (secondary N) is 1. The van der Waals surface area contributed by atoms with E-state index in [0.29, 0.717) is 18.0 Å². The van der Waals surface area contributed by atoms with E-state index in [1.165, 1.54) is 11.3 Å². The number of ether oxygens (including phenoxy) is 1. The van der Waals surface area contributed by atoms with Crippen molar-refractivity contribution in [3.63, 3.8) is 0 Å². The molecule has 3 aromatic heterocycles. The van der Waals surface area contributed by atoms with Gasteiger partial charge in [-0.25, -0.2) is 9.97 Å². The van der Waals surface area contributed by atoms with Crippen LogP contribution in [-0.2, 0) is 16.0 Å². The Bertz CT molecular complexity index is 858. The fourth-order valence-electron chi connectivity index (χ4n) is 2.29. The molecule has 1 amide bonds. The van der Waals surface area contributed by atoms with Gasteiger partial charge in [-0.05, 0) is 26.8 Å². The minimum Gasteiger partial charge on any atom is -0.372 e. The smallest absolute Gasteiger partial charge is 0.258 e. The van der Waals surface area contributed by atoms with Gasteiger partial charge in [0.25, 0.3) is 5.71 Å². The summed E-state index contributed by atoms with van der Waals surface area (Å²) in [6, 6.07) is 1.80. The number of fused-ring (bicyclic) bond motifs is 1. The largest absolute Gasteiger partial charge is 0.372 e. The molecule has 3 rings (SSSR count). The fourth-order valence-corrected chi connectivity index (χ4v) is 3.12. The standard InChI is InChI=1S/C16H18N4O3S/c1-4-22-10(3)16-19-12(8-24-16)6-14(21)18-11-5-13-9(2)20-23-15(13)17-7-11/h5,7-8,10H,4,6H2,1-3H3,(H,18,21). The summed E-state index contributed by atoms with van der Waals surface area (Å²) >= 11 is 1.50. The molecule has 0 saturated heterocycles. The van der Waals surface area contributed by atoms with Crippen molar-refractivity contribution in [2.45, 2.75) is 33.3 Å². The number of amides is 1. The van der Waals surface area contributed by atoms with Gasteiger partial charge in [-0.15, -0.1) is 11.3 Å². The first-order valence-electron chi connectivity index (χ1n) is 7.64. The molecule has 0 radical (unpaired) electrons. The maximum atomic E-state index is 12.2. The van der Waals surface area contributed by atoms with E-state index >= 15 is 0 Å². The number of anilines is 1. The summed E-state index contributed by atoms with van der Waals surface area (Å²) in [5.74, 6) is -0.147. The highest BCUT2D eigenvalue weighted by Gasteiger charge is 2.13. The minimum atomic E-state index is -0.147. The number of rotatable bonds is 6. The zero-order valence-electron chi connectivity index (χ0n) is 13.7. The van der Waals surface area contributed by atoms with Crippen molar-refractivity contribution in [3.05, 3.63) is 34.0 Å². The number of thiazole rings is 1. The summed E-state index contributed by atoms with van der Waals surface area (Å²) in [5, 5.41) is 10.2. The predicted molar refractivity (Wildman–Crippen MR) is 91.0 cm³/mol. The van der Waals surface area contributed by atoms with Crippen molar-refractivity contribution in [1.82, 2.24) is 15.1 Å². The summed E-state index contributed by atoms with van der Waals surface area (Å²) < 4.78 is 10.6. The number of aryl methyl sites for hydroxylation is 1. The van der Waals surface area contributed by atoms with E-state index in [-0.39, 0.29) is 18.4 Å². The first-order chi connectivity index (χ1) is 11.6. The Labute approximate surface area is 143 Å². The lowest BCUT2D eigenvalue weighted by atomic mass is 10.2. The van der Waals surface area contributed by atoms with Crippen molar-refractivity contribution >= 4 is 34.0 Å². The van der Waals surface area contributed by atoms with Crippen LogP contribution in [0.1, 0.15) is 36.3 Å². The van der Waals surface area contributed by atoms with Crippen molar-refractivity contribution in [2.24, 2.45) is 0 Å². The van der Waals surface area contributed by atoms with Crippen LogP contribution in [0.4, 0.5) is 5.69 Å². The molecule has 3 heterocycles. The van der Waals surface area contributed by atoms with Crippen molar-refractivity contribution in [3.8, 4) is 0 Å². The Morgan fingerprint density at radius 1 is 1.50 bits per heavy atom. The molecule has 0 bridgehead atoms. The van der Waals surface area contributed by atoms with E-state index in [4.69, 9.17) is 9.26 Å². The van der Waals surface area contributed by atoms with Crippen LogP contribution in [-0.4, -0.2) is 27.6 Å². The van der Waals surface area contributed by atoms with Crippen LogP contribution < -0.4 is 5.32 Å². The molecular formula is C16H18N4O3S. The Morgan fingerprint density at radius 3 is 3.12 bits per heavy atom. The normalized spacial score (nSPS) is 12.5. The number of carbonyl (C=O) groups excluding carboxylic acids is 1. The highest BCUT2D eigenvalue weighted by molar-refractivity contribution is 7.09. The average molecular weight is 346 g/mol. The van der Waals surface area contributed by atoms with E-state index in [2.05, 4.69) is 20.4 Å². The van der Waals surface area contributed by atoms with Gasteiger partial charge in [-0.1, -0.05) is 5.16 Å². The zero-order chi connectivity index (χ0) is 17.1. The maximum Gasteiger partial charge on any atom is 0.258 e. The second-order valence-electron chi connectivity index (χ2n) is 5.34. The lowest BCUT2D eigenvalue weighted by Crippen LogP contribution is -2.15. The number of hydrogen-bond acceptors (Lipinski definition) is 7. The molecule has 0 fully saturated rings. The Kier molecular flexibility index (Phi) is 4.86. The molecule has 1 N–H and O–H groups in total. The third-order valence-corrected chi connectivity index (χ3v) is 4.52. The highest BCUT2D eigenvalue weighted by Crippen LogP contribution is 2.22. The van der Waals surface area contributed by atoms with Gasteiger partial charge < -0.3 is 14.6 Å². The average Bonchev–Trinajstić information content (AvgIpc) is 3.15. The van der Waals surface area contributed by atoms with Gasteiger partial charge in [0.05, 0.1) is 35.1 Å². The third-order valence-electron chi connectivity index (χ3n) is 3.47. The second-order valence-corrected chi connectivity index (χ2v) is 6.23. The van der Waals surface area contributed by atoms with Gasteiger partial charge in [-0.3, -0.25) is 4.79 Å². The number of aromatic nitrogens is 3. The molecule has 7 nitrogen and oxygen atoms in total. The molecule has 126 valence electrons. The summed E-state index contributed by atoms with van der Waals surface area (Å²) in [6.07, 6.45) is 1.70. The van der Waals surface area contributed by atoms with E-state index < -0.39 is 0 Å². The number of nitrogens with zero attached hydrogens (tertiary/aromatic N) is 3. The zero-order valence-corrected chi connectivity index (χ0v) is 14.5. The molecule has 0 aliphatic carbocycles. The molecule has 0 spiro atoms.